The number of hydrogen-bond donors (Lipinski definition) is 0. The monoisotopic (exact) mass is 324 g/mol. The second kappa shape index (κ2) is 9.19. The van der Waals surface area contributed by atoms with Gasteiger partial charge >= 0.3 is 5.97 Å². The van der Waals surface area contributed by atoms with E-state index in [1.54, 1.807) is 24.0 Å². The van der Waals surface area contributed by atoms with Gasteiger partial charge in [0.15, 0.2) is 0 Å². The minimum atomic E-state index is -0.418. The third kappa shape index (κ3) is 6.26. The predicted octanol–water partition coefficient (Wildman–Crippen LogP) is 3.47. The SMILES string of the molecule is COC(=O)CCCN=Cc1cc([N+](=O)[O-])ccc1SC(C)C. The molecule has 0 N–H and O–H groups in total. The van der Waals surface area contributed by atoms with Crippen LogP contribution in [-0.4, -0.2) is 36.0 Å². The number of benzene rings is 1. The van der Waals surface area contributed by atoms with E-state index < -0.39 is 4.92 Å². The fourth-order valence-corrected chi connectivity index (χ4v) is 2.59. The molecule has 1 aromatic carbocycles. The molecule has 0 saturated heterocycles. The molecular formula is C15H20N2O4S. The van der Waals surface area contributed by atoms with Crippen LogP contribution in [0.1, 0.15) is 32.3 Å². The van der Waals surface area contributed by atoms with Crippen molar-refractivity contribution in [3.8, 4) is 0 Å². The average molecular weight is 324 g/mol. The molecule has 0 aliphatic heterocycles. The molecule has 120 valence electrons. The molecule has 0 bridgehead atoms. The number of rotatable bonds is 8. The number of esters is 1. The Morgan fingerprint density at radius 3 is 2.82 bits per heavy atom. The first-order valence-electron chi connectivity index (χ1n) is 6.95. The van der Waals surface area contributed by atoms with Gasteiger partial charge < -0.3 is 4.74 Å². The zero-order valence-electron chi connectivity index (χ0n) is 12.9. The van der Waals surface area contributed by atoms with Crippen molar-refractivity contribution in [3.63, 3.8) is 0 Å². The summed E-state index contributed by atoms with van der Waals surface area (Å²) in [5.41, 5.74) is 0.773. The van der Waals surface area contributed by atoms with Crippen molar-refractivity contribution in [1.29, 1.82) is 0 Å². The van der Waals surface area contributed by atoms with Crippen LogP contribution in [0.25, 0.3) is 0 Å². The standard InChI is InChI=1S/C15H20N2O4S/c1-11(2)22-14-7-6-13(17(19)20)9-12(14)10-16-8-4-5-15(18)21-3/h6-7,9-11H,4-5,8H2,1-3H3. The summed E-state index contributed by atoms with van der Waals surface area (Å²) in [6, 6.07) is 4.77. The zero-order valence-corrected chi connectivity index (χ0v) is 13.8. The Bertz CT molecular complexity index is 558. The summed E-state index contributed by atoms with van der Waals surface area (Å²) in [6.07, 6.45) is 2.54. The summed E-state index contributed by atoms with van der Waals surface area (Å²) in [5, 5.41) is 11.2. The highest BCUT2D eigenvalue weighted by molar-refractivity contribution is 8.00. The van der Waals surface area contributed by atoms with Gasteiger partial charge in [-0.25, -0.2) is 0 Å². The first-order valence-corrected chi connectivity index (χ1v) is 7.83. The maximum atomic E-state index is 11.0. The van der Waals surface area contributed by atoms with Crippen molar-refractivity contribution in [2.45, 2.75) is 36.8 Å². The Hall–Kier alpha value is -1.89. The second-order valence-electron chi connectivity index (χ2n) is 4.86. The second-order valence-corrected chi connectivity index (χ2v) is 6.48. The number of nitro benzene ring substituents is 1. The number of aliphatic imine (C=N–C) groups is 1. The van der Waals surface area contributed by atoms with Gasteiger partial charge in [0.05, 0.1) is 12.0 Å². The van der Waals surface area contributed by atoms with Gasteiger partial charge in [0.2, 0.25) is 0 Å². The molecule has 22 heavy (non-hydrogen) atoms. The maximum absolute atomic E-state index is 11.0. The lowest BCUT2D eigenvalue weighted by Gasteiger charge is -2.08. The molecule has 0 spiro atoms. The Morgan fingerprint density at radius 1 is 1.50 bits per heavy atom. The lowest BCUT2D eigenvalue weighted by Crippen LogP contribution is -2.00. The first kappa shape index (κ1) is 18.2. The highest BCUT2D eigenvalue weighted by atomic mass is 32.2. The number of non-ortho nitro benzene ring substituents is 1. The molecule has 0 aliphatic carbocycles. The fourth-order valence-electron chi connectivity index (χ4n) is 1.69. The molecule has 1 rings (SSSR count). The van der Waals surface area contributed by atoms with Crippen molar-refractivity contribution in [2.24, 2.45) is 4.99 Å². The normalized spacial score (nSPS) is 11.1. The summed E-state index contributed by atoms with van der Waals surface area (Å²) >= 11 is 1.63. The largest absolute Gasteiger partial charge is 0.469 e. The lowest BCUT2D eigenvalue weighted by molar-refractivity contribution is -0.384. The van der Waals surface area contributed by atoms with Crippen LogP contribution in [0.3, 0.4) is 0 Å². The Labute approximate surface area is 134 Å². The van der Waals surface area contributed by atoms with Crippen LogP contribution in [-0.2, 0) is 9.53 Å². The van der Waals surface area contributed by atoms with E-state index in [1.165, 1.54) is 19.2 Å². The summed E-state index contributed by atoms with van der Waals surface area (Å²) < 4.78 is 4.55. The number of carbonyl (C=O) groups excluding carboxylic acids is 1. The van der Waals surface area contributed by atoms with Gasteiger partial charge in [0.1, 0.15) is 0 Å². The fraction of sp³-hybridized carbons (Fsp3) is 0.467. The van der Waals surface area contributed by atoms with Crippen molar-refractivity contribution in [2.75, 3.05) is 13.7 Å². The van der Waals surface area contributed by atoms with E-state index in [0.717, 1.165) is 10.5 Å². The molecule has 1 aromatic rings. The van der Waals surface area contributed by atoms with Gasteiger partial charge in [0.25, 0.3) is 5.69 Å². The molecule has 0 saturated carbocycles. The van der Waals surface area contributed by atoms with Gasteiger partial charge in [-0.2, -0.15) is 0 Å². The minimum Gasteiger partial charge on any atom is -0.469 e. The number of hydrogen-bond acceptors (Lipinski definition) is 6. The van der Waals surface area contributed by atoms with Crippen molar-refractivity contribution in [3.05, 3.63) is 33.9 Å². The summed E-state index contributed by atoms with van der Waals surface area (Å²) in [6.45, 7) is 4.59. The molecule has 0 unspecified atom stereocenters. The first-order chi connectivity index (χ1) is 10.4. The minimum absolute atomic E-state index is 0.0455. The highest BCUT2D eigenvalue weighted by Crippen LogP contribution is 2.28. The average Bonchev–Trinajstić information content (AvgIpc) is 2.47. The van der Waals surface area contributed by atoms with Crippen LogP contribution >= 0.6 is 11.8 Å². The highest BCUT2D eigenvalue weighted by Gasteiger charge is 2.11. The smallest absolute Gasteiger partial charge is 0.305 e. The topological polar surface area (TPSA) is 81.8 Å². The van der Waals surface area contributed by atoms with Gasteiger partial charge in [-0.1, -0.05) is 13.8 Å². The summed E-state index contributed by atoms with van der Waals surface area (Å²) in [4.78, 5) is 26.6. The van der Waals surface area contributed by atoms with Crippen LogP contribution in [0, 0.1) is 10.1 Å². The lowest BCUT2D eigenvalue weighted by atomic mass is 10.2. The number of carbonyl (C=O) groups is 1. The van der Waals surface area contributed by atoms with E-state index in [2.05, 4.69) is 23.6 Å². The van der Waals surface area contributed by atoms with E-state index in [9.17, 15) is 14.9 Å². The Kier molecular flexibility index (Phi) is 7.59. The molecule has 0 atom stereocenters. The molecule has 0 aromatic heterocycles. The van der Waals surface area contributed by atoms with Gasteiger partial charge in [-0.05, 0) is 12.5 Å². The van der Waals surface area contributed by atoms with Crippen molar-refractivity contribution in [1.82, 2.24) is 0 Å². The molecule has 7 heteroatoms. The number of nitro groups is 1. The van der Waals surface area contributed by atoms with Gasteiger partial charge in [-0.15, -0.1) is 11.8 Å². The number of ether oxygens (including phenoxy) is 1. The van der Waals surface area contributed by atoms with Crippen LogP contribution in [0.2, 0.25) is 0 Å². The molecule has 6 nitrogen and oxygen atoms in total. The molecule has 0 amide bonds. The number of nitrogens with zero attached hydrogens (tertiary/aromatic N) is 2. The Balaban J connectivity index is 2.78. The Morgan fingerprint density at radius 2 is 2.23 bits per heavy atom. The summed E-state index contributed by atoms with van der Waals surface area (Å²) in [5.74, 6) is -0.262. The third-order valence-electron chi connectivity index (χ3n) is 2.69. The van der Waals surface area contributed by atoms with E-state index in [-0.39, 0.29) is 11.7 Å². The van der Waals surface area contributed by atoms with Crippen LogP contribution in [0.4, 0.5) is 5.69 Å². The maximum Gasteiger partial charge on any atom is 0.305 e. The molecule has 0 radical (unpaired) electrons. The van der Waals surface area contributed by atoms with Crippen molar-refractivity contribution >= 4 is 29.6 Å². The van der Waals surface area contributed by atoms with Gasteiger partial charge in [-0.3, -0.25) is 19.9 Å². The quantitative estimate of drug-likeness (QED) is 0.183. The molecule has 0 aliphatic rings. The zero-order chi connectivity index (χ0) is 16.5. The van der Waals surface area contributed by atoms with Crippen molar-refractivity contribution < 1.29 is 14.5 Å². The van der Waals surface area contributed by atoms with Crippen LogP contribution < -0.4 is 0 Å². The number of methoxy groups -OCH3 is 1. The van der Waals surface area contributed by atoms with Crippen LogP contribution in [0.5, 0.6) is 0 Å². The van der Waals surface area contributed by atoms with E-state index in [4.69, 9.17) is 0 Å². The van der Waals surface area contributed by atoms with E-state index in [1.807, 2.05) is 0 Å². The van der Waals surface area contributed by atoms with Gasteiger partial charge in [0, 0.05) is 47.0 Å². The van der Waals surface area contributed by atoms with E-state index in [0.29, 0.717) is 24.6 Å². The third-order valence-corrected chi connectivity index (χ3v) is 3.79. The number of thioether (sulfide) groups is 1. The molecule has 0 heterocycles. The molecular weight excluding hydrogens is 304 g/mol. The molecule has 0 fully saturated rings. The van der Waals surface area contributed by atoms with E-state index >= 15 is 0 Å². The van der Waals surface area contributed by atoms with Crippen LogP contribution in [0.15, 0.2) is 28.1 Å². The predicted molar refractivity (Wildman–Crippen MR) is 87.8 cm³/mol. The summed E-state index contributed by atoms with van der Waals surface area (Å²) in [7, 11) is 1.35.